The number of primary amides is 1. The number of carboxylic acid groups (broad SMARTS) is 1. The van der Waals surface area contributed by atoms with Gasteiger partial charge in [-0.05, 0) is 18.1 Å². The Hall–Kier alpha value is -2.11. The number of carbonyl (C=O) groups is 2. The number of hydrogen-bond donors (Lipinski definition) is 2. The van der Waals surface area contributed by atoms with E-state index in [1.54, 1.807) is 0 Å². The minimum atomic E-state index is -1.03. The van der Waals surface area contributed by atoms with Gasteiger partial charge in [-0.3, -0.25) is 14.7 Å². The summed E-state index contributed by atoms with van der Waals surface area (Å²) in [7, 11) is 0. The molecule has 1 aromatic heterocycles. The van der Waals surface area contributed by atoms with Crippen LogP contribution in [0.1, 0.15) is 16.1 Å². The maximum atomic E-state index is 10.9. The zero-order valence-electron chi connectivity index (χ0n) is 7.80. The molecule has 0 radical (unpaired) electrons. The summed E-state index contributed by atoms with van der Waals surface area (Å²) in [6, 6.07) is 1.42. The molecule has 1 aromatic rings. The van der Waals surface area contributed by atoms with Gasteiger partial charge in [-0.2, -0.15) is 0 Å². The molecule has 3 N–H and O–H groups in total. The molecule has 0 atom stereocenters. The number of nitrogens with two attached hydrogens (primary N) is 1. The SMILES string of the molecule is NC(=O)c1cc2c(cn1)CCN2C(=O)O. The molecule has 2 rings (SSSR count). The zero-order chi connectivity index (χ0) is 11.0. The van der Waals surface area contributed by atoms with Crippen LogP contribution in [0.15, 0.2) is 12.3 Å². The van der Waals surface area contributed by atoms with Gasteiger partial charge >= 0.3 is 6.09 Å². The summed E-state index contributed by atoms with van der Waals surface area (Å²) >= 11 is 0. The van der Waals surface area contributed by atoms with Crippen LogP contribution in [0.25, 0.3) is 0 Å². The lowest BCUT2D eigenvalue weighted by Crippen LogP contribution is -2.27. The van der Waals surface area contributed by atoms with Gasteiger partial charge in [0.25, 0.3) is 5.91 Å². The van der Waals surface area contributed by atoms with Crippen LogP contribution in [-0.2, 0) is 6.42 Å². The molecule has 0 unspecified atom stereocenters. The molecule has 0 fully saturated rings. The Morgan fingerprint density at radius 2 is 2.27 bits per heavy atom. The highest BCUT2D eigenvalue weighted by atomic mass is 16.4. The van der Waals surface area contributed by atoms with Crippen molar-refractivity contribution in [2.24, 2.45) is 5.73 Å². The molecule has 1 aliphatic rings. The van der Waals surface area contributed by atoms with E-state index < -0.39 is 12.0 Å². The number of hydrogen-bond acceptors (Lipinski definition) is 3. The largest absolute Gasteiger partial charge is 0.465 e. The maximum Gasteiger partial charge on any atom is 0.411 e. The number of nitrogens with zero attached hydrogens (tertiary/aromatic N) is 2. The second kappa shape index (κ2) is 3.23. The van der Waals surface area contributed by atoms with Crippen LogP contribution < -0.4 is 10.6 Å². The van der Waals surface area contributed by atoms with Crippen molar-refractivity contribution in [2.75, 3.05) is 11.4 Å². The highest BCUT2D eigenvalue weighted by molar-refractivity contribution is 5.95. The number of rotatable bonds is 1. The van der Waals surface area contributed by atoms with E-state index in [1.165, 1.54) is 17.2 Å². The van der Waals surface area contributed by atoms with Crippen LogP contribution in [0.3, 0.4) is 0 Å². The van der Waals surface area contributed by atoms with Gasteiger partial charge in [0, 0.05) is 12.7 Å². The summed E-state index contributed by atoms with van der Waals surface area (Å²) in [5.74, 6) is -0.657. The number of aromatic nitrogens is 1. The van der Waals surface area contributed by atoms with Crippen LogP contribution in [0, 0.1) is 0 Å². The van der Waals surface area contributed by atoms with Crippen LogP contribution in [-0.4, -0.2) is 28.6 Å². The number of anilines is 1. The summed E-state index contributed by atoms with van der Waals surface area (Å²) in [5.41, 5.74) is 6.47. The van der Waals surface area contributed by atoms with Crippen molar-refractivity contribution in [3.05, 3.63) is 23.5 Å². The summed E-state index contributed by atoms with van der Waals surface area (Å²) in [5, 5.41) is 8.88. The molecule has 2 heterocycles. The lowest BCUT2D eigenvalue weighted by atomic mass is 10.2. The molecule has 0 saturated heterocycles. The van der Waals surface area contributed by atoms with E-state index in [0.717, 1.165) is 5.56 Å². The van der Waals surface area contributed by atoms with Crippen molar-refractivity contribution < 1.29 is 14.7 Å². The molecule has 2 amide bonds. The Morgan fingerprint density at radius 1 is 1.53 bits per heavy atom. The summed E-state index contributed by atoms with van der Waals surface area (Å²) < 4.78 is 0. The van der Waals surface area contributed by atoms with Gasteiger partial charge in [0.05, 0.1) is 5.69 Å². The third-order valence-corrected chi connectivity index (χ3v) is 2.34. The number of carbonyl (C=O) groups excluding carboxylic acids is 1. The van der Waals surface area contributed by atoms with Crippen molar-refractivity contribution in [1.29, 1.82) is 0 Å². The fraction of sp³-hybridized carbons (Fsp3) is 0.222. The fourth-order valence-electron chi connectivity index (χ4n) is 1.60. The number of amides is 2. The molecule has 0 aromatic carbocycles. The second-order valence-corrected chi connectivity index (χ2v) is 3.25. The third kappa shape index (κ3) is 1.50. The maximum absolute atomic E-state index is 10.9. The van der Waals surface area contributed by atoms with E-state index >= 15 is 0 Å². The van der Waals surface area contributed by atoms with Gasteiger partial charge in [-0.25, -0.2) is 4.79 Å². The minimum absolute atomic E-state index is 0.0851. The first-order valence-electron chi connectivity index (χ1n) is 4.39. The van der Waals surface area contributed by atoms with Gasteiger partial charge < -0.3 is 10.8 Å². The minimum Gasteiger partial charge on any atom is -0.465 e. The van der Waals surface area contributed by atoms with E-state index in [1.807, 2.05) is 0 Å². The van der Waals surface area contributed by atoms with Gasteiger partial charge in [-0.15, -0.1) is 0 Å². The monoisotopic (exact) mass is 207 g/mol. The van der Waals surface area contributed by atoms with Crippen molar-refractivity contribution in [1.82, 2.24) is 4.98 Å². The molecule has 6 nitrogen and oxygen atoms in total. The van der Waals surface area contributed by atoms with E-state index in [9.17, 15) is 9.59 Å². The van der Waals surface area contributed by atoms with Crippen LogP contribution in [0.5, 0.6) is 0 Å². The standard InChI is InChI=1S/C9H9N3O3/c10-8(13)6-3-7-5(4-11-6)1-2-12(7)9(14)15/h3-4H,1-2H2,(H2,10,13)(H,14,15). The van der Waals surface area contributed by atoms with Crippen LogP contribution in [0.4, 0.5) is 10.5 Å². The fourth-order valence-corrected chi connectivity index (χ4v) is 1.60. The molecule has 15 heavy (non-hydrogen) atoms. The van der Waals surface area contributed by atoms with Crippen molar-refractivity contribution >= 4 is 17.7 Å². The second-order valence-electron chi connectivity index (χ2n) is 3.25. The van der Waals surface area contributed by atoms with Crippen LogP contribution in [0.2, 0.25) is 0 Å². The Kier molecular flexibility index (Phi) is 2.03. The molecule has 0 spiro atoms. The average molecular weight is 207 g/mol. The Balaban J connectivity index is 2.46. The average Bonchev–Trinajstić information content (AvgIpc) is 2.59. The first kappa shape index (κ1) is 9.45. The Morgan fingerprint density at radius 3 is 2.87 bits per heavy atom. The topological polar surface area (TPSA) is 96.5 Å². The molecule has 0 aliphatic carbocycles. The van der Waals surface area contributed by atoms with Crippen molar-refractivity contribution in [3.8, 4) is 0 Å². The molecular weight excluding hydrogens is 198 g/mol. The molecule has 1 aliphatic heterocycles. The highest BCUT2D eigenvalue weighted by Crippen LogP contribution is 2.27. The Labute approximate surface area is 85.3 Å². The molecule has 0 bridgehead atoms. The van der Waals surface area contributed by atoms with E-state index in [2.05, 4.69) is 4.98 Å². The lowest BCUT2D eigenvalue weighted by Gasteiger charge is -2.12. The highest BCUT2D eigenvalue weighted by Gasteiger charge is 2.25. The third-order valence-electron chi connectivity index (χ3n) is 2.34. The van der Waals surface area contributed by atoms with Crippen LogP contribution >= 0.6 is 0 Å². The smallest absolute Gasteiger partial charge is 0.411 e. The summed E-state index contributed by atoms with van der Waals surface area (Å²) in [6.45, 7) is 0.397. The molecule has 78 valence electrons. The zero-order valence-corrected chi connectivity index (χ0v) is 7.80. The molecular formula is C9H9N3O3. The summed E-state index contributed by atoms with van der Waals surface area (Å²) in [6.07, 6.45) is 1.09. The van der Waals surface area contributed by atoms with Gasteiger partial charge in [-0.1, -0.05) is 0 Å². The van der Waals surface area contributed by atoms with E-state index in [4.69, 9.17) is 10.8 Å². The van der Waals surface area contributed by atoms with Gasteiger partial charge in [0.2, 0.25) is 0 Å². The lowest BCUT2D eigenvalue weighted by molar-refractivity contribution is 0.0995. The van der Waals surface area contributed by atoms with E-state index in [0.29, 0.717) is 18.7 Å². The normalized spacial score (nSPS) is 13.7. The Bertz CT molecular complexity index is 444. The van der Waals surface area contributed by atoms with Crippen molar-refractivity contribution in [2.45, 2.75) is 6.42 Å². The molecule has 0 saturated carbocycles. The number of fused-ring (bicyclic) bond motifs is 1. The predicted molar refractivity (Wildman–Crippen MR) is 51.8 cm³/mol. The van der Waals surface area contributed by atoms with Gasteiger partial charge in [0.1, 0.15) is 5.69 Å². The first-order valence-corrected chi connectivity index (χ1v) is 4.39. The van der Waals surface area contributed by atoms with E-state index in [-0.39, 0.29) is 5.69 Å². The number of pyridine rings is 1. The predicted octanol–water partition coefficient (Wildman–Crippen LogP) is 0.221. The first-order chi connectivity index (χ1) is 7.09. The molecule has 6 heteroatoms. The van der Waals surface area contributed by atoms with Gasteiger partial charge in [0.15, 0.2) is 0 Å². The summed E-state index contributed by atoms with van der Waals surface area (Å²) in [4.78, 5) is 26.7. The van der Waals surface area contributed by atoms with Crippen molar-refractivity contribution in [3.63, 3.8) is 0 Å². The quantitative estimate of drug-likeness (QED) is 0.688.